The number of ether oxygens (including phenoxy) is 2. The van der Waals surface area contributed by atoms with Gasteiger partial charge in [-0.3, -0.25) is 0 Å². The number of allylic oxidation sites excluding steroid dienone is 4. The molecule has 0 saturated carbocycles. The molecule has 0 aliphatic heterocycles. The Balaban J connectivity index is 0.00000190. The fraction of sp³-hybridized carbons (Fsp3) is 0.440. The average Bonchev–Trinajstić information content (AvgIpc) is 2.72. The van der Waals surface area contributed by atoms with Crippen LogP contribution >= 0.6 is 0 Å². The van der Waals surface area contributed by atoms with Crippen LogP contribution in [0.1, 0.15) is 50.7 Å². The van der Waals surface area contributed by atoms with E-state index in [2.05, 4.69) is 75.8 Å². The number of nitrogens with zero attached hydrogens (tertiary/aromatic N) is 1. The summed E-state index contributed by atoms with van der Waals surface area (Å²) in [5, 5.41) is 0. The van der Waals surface area contributed by atoms with E-state index >= 15 is 0 Å². The van der Waals surface area contributed by atoms with Gasteiger partial charge in [0.2, 0.25) is 0 Å². The molecule has 0 amide bonds. The molecule has 2 rings (SSSR count). The van der Waals surface area contributed by atoms with Crippen LogP contribution < -0.4 is 4.90 Å². The van der Waals surface area contributed by atoms with E-state index in [1.54, 1.807) is 7.11 Å². The summed E-state index contributed by atoms with van der Waals surface area (Å²) in [6.45, 7) is 18.0. The summed E-state index contributed by atoms with van der Waals surface area (Å²) in [7, 11) is 1.68. The molecule has 0 N–H and O–H groups in total. The van der Waals surface area contributed by atoms with Crippen LogP contribution in [0.15, 0.2) is 67.3 Å². The maximum Gasteiger partial charge on any atom is 0.186 e. The van der Waals surface area contributed by atoms with Gasteiger partial charge in [0.05, 0.1) is 19.5 Å². The van der Waals surface area contributed by atoms with Crippen LogP contribution in [0.25, 0.3) is 0 Å². The molecule has 0 bridgehead atoms. The summed E-state index contributed by atoms with van der Waals surface area (Å²) in [5.41, 5.74) is 5.20. The van der Waals surface area contributed by atoms with Crippen molar-refractivity contribution in [2.45, 2.75) is 52.9 Å². The van der Waals surface area contributed by atoms with Gasteiger partial charge in [-0.2, -0.15) is 0 Å². The summed E-state index contributed by atoms with van der Waals surface area (Å²) in [5.74, 6) is 1.87. The van der Waals surface area contributed by atoms with E-state index in [9.17, 15) is 0 Å². The predicted octanol–water partition coefficient (Wildman–Crippen LogP) is 6.70. The van der Waals surface area contributed by atoms with Gasteiger partial charge in [-0.15, -0.1) is 13.2 Å². The lowest BCUT2D eigenvalue weighted by Gasteiger charge is -2.26. The standard InChI is InChI=1S/C23H33NO2.C2H4/c1-6-24(19(4)25-5)22-16-15-18(3)17-21(22)13-10-12-20-11-8-9-14-23(20)26-7-2;1-2/h8,11,15-17H,4,6-7,9-10,12-14H2,1-3,5H3;1-2H2. The number of aryl methyl sites for hydroxylation is 2. The first-order chi connectivity index (χ1) is 13.6. The molecular weight excluding hydrogens is 346 g/mol. The number of rotatable bonds is 10. The van der Waals surface area contributed by atoms with Crippen molar-refractivity contribution >= 4 is 5.69 Å². The topological polar surface area (TPSA) is 21.7 Å². The Bertz CT molecular complexity index is 688. The van der Waals surface area contributed by atoms with E-state index in [-0.39, 0.29) is 0 Å². The molecule has 0 spiro atoms. The highest BCUT2D eigenvalue weighted by atomic mass is 16.5. The zero-order chi connectivity index (χ0) is 20.9. The van der Waals surface area contributed by atoms with Gasteiger partial charge < -0.3 is 14.4 Å². The Hall–Kier alpha value is -2.42. The Kier molecular flexibility index (Phi) is 10.9. The van der Waals surface area contributed by atoms with Crippen LogP contribution in [0.4, 0.5) is 5.69 Å². The molecule has 0 heterocycles. The third kappa shape index (κ3) is 6.63. The number of anilines is 1. The summed E-state index contributed by atoms with van der Waals surface area (Å²) < 4.78 is 11.2. The lowest BCUT2D eigenvalue weighted by atomic mass is 9.97. The monoisotopic (exact) mass is 383 g/mol. The Labute approximate surface area is 172 Å². The van der Waals surface area contributed by atoms with Crippen LogP contribution in [0.2, 0.25) is 0 Å². The molecule has 28 heavy (non-hydrogen) atoms. The van der Waals surface area contributed by atoms with Gasteiger partial charge in [-0.1, -0.05) is 29.8 Å². The quantitative estimate of drug-likeness (QED) is 0.331. The summed E-state index contributed by atoms with van der Waals surface area (Å²) in [6, 6.07) is 6.63. The number of hydrogen-bond acceptors (Lipinski definition) is 3. The van der Waals surface area contributed by atoms with Gasteiger partial charge in [0.15, 0.2) is 5.88 Å². The van der Waals surface area contributed by atoms with Crippen molar-refractivity contribution in [3.05, 3.63) is 78.4 Å². The van der Waals surface area contributed by atoms with Crippen molar-refractivity contribution in [3.8, 4) is 0 Å². The lowest BCUT2D eigenvalue weighted by Crippen LogP contribution is -2.23. The second-order valence-corrected chi connectivity index (χ2v) is 6.65. The van der Waals surface area contributed by atoms with Crippen molar-refractivity contribution in [2.24, 2.45) is 0 Å². The van der Waals surface area contributed by atoms with Crippen LogP contribution in [0.3, 0.4) is 0 Å². The molecule has 1 aliphatic rings. The first-order valence-electron chi connectivity index (χ1n) is 10.2. The molecule has 3 heteroatoms. The minimum atomic E-state index is 0.689. The predicted molar refractivity (Wildman–Crippen MR) is 122 cm³/mol. The molecule has 154 valence electrons. The third-order valence-electron chi connectivity index (χ3n) is 4.80. The van der Waals surface area contributed by atoms with Crippen LogP contribution in [-0.2, 0) is 15.9 Å². The molecule has 1 aliphatic carbocycles. The van der Waals surface area contributed by atoms with Crippen molar-refractivity contribution in [1.82, 2.24) is 0 Å². The van der Waals surface area contributed by atoms with Crippen molar-refractivity contribution in [3.63, 3.8) is 0 Å². The Morgan fingerprint density at radius 3 is 2.57 bits per heavy atom. The normalized spacial score (nSPS) is 12.9. The molecule has 0 unspecified atom stereocenters. The van der Waals surface area contributed by atoms with Gasteiger partial charge in [0.25, 0.3) is 0 Å². The van der Waals surface area contributed by atoms with Crippen molar-refractivity contribution in [1.29, 1.82) is 0 Å². The maximum atomic E-state index is 5.83. The van der Waals surface area contributed by atoms with E-state index in [0.717, 1.165) is 45.3 Å². The fourth-order valence-corrected chi connectivity index (χ4v) is 3.49. The van der Waals surface area contributed by atoms with Crippen molar-refractivity contribution in [2.75, 3.05) is 25.2 Å². The molecule has 0 saturated heterocycles. The molecule has 0 radical (unpaired) electrons. The second-order valence-electron chi connectivity index (χ2n) is 6.65. The molecular formula is C25H37NO2. The lowest BCUT2D eigenvalue weighted by molar-refractivity contribution is 0.213. The number of benzene rings is 1. The van der Waals surface area contributed by atoms with Gasteiger partial charge >= 0.3 is 0 Å². The van der Waals surface area contributed by atoms with Crippen LogP contribution in [0, 0.1) is 6.92 Å². The molecule has 1 aromatic rings. The molecule has 0 fully saturated rings. The highest BCUT2D eigenvalue weighted by molar-refractivity contribution is 5.58. The SMILES string of the molecule is C=C.C=C(OC)N(CC)c1ccc(C)cc1CCCC1=C(OCC)CCC=C1. The zero-order valence-corrected chi connectivity index (χ0v) is 18.2. The molecule has 1 aromatic carbocycles. The first-order valence-corrected chi connectivity index (χ1v) is 10.2. The first kappa shape index (κ1) is 23.6. The summed E-state index contributed by atoms with van der Waals surface area (Å²) >= 11 is 0. The number of hydrogen-bond donors (Lipinski definition) is 0. The van der Waals surface area contributed by atoms with E-state index in [1.807, 2.05) is 0 Å². The van der Waals surface area contributed by atoms with E-state index < -0.39 is 0 Å². The summed E-state index contributed by atoms with van der Waals surface area (Å²) in [6.07, 6.45) is 9.81. The second kappa shape index (κ2) is 12.9. The van der Waals surface area contributed by atoms with Gasteiger partial charge in [0, 0.05) is 18.7 Å². The zero-order valence-electron chi connectivity index (χ0n) is 18.2. The third-order valence-corrected chi connectivity index (χ3v) is 4.80. The van der Waals surface area contributed by atoms with E-state index in [4.69, 9.17) is 9.47 Å². The Morgan fingerprint density at radius 2 is 1.93 bits per heavy atom. The van der Waals surface area contributed by atoms with E-state index in [0.29, 0.717) is 5.88 Å². The van der Waals surface area contributed by atoms with Crippen LogP contribution in [-0.4, -0.2) is 20.3 Å². The Morgan fingerprint density at radius 1 is 1.18 bits per heavy atom. The minimum absolute atomic E-state index is 0.689. The average molecular weight is 384 g/mol. The van der Waals surface area contributed by atoms with Gasteiger partial charge in [-0.25, -0.2) is 0 Å². The molecule has 3 nitrogen and oxygen atoms in total. The smallest absolute Gasteiger partial charge is 0.186 e. The molecule has 0 atom stereocenters. The number of methoxy groups -OCH3 is 1. The summed E-state index contributed by atoms with van der Waals surface area (Å²) in [4.78, 5) is 2.14. The maximum absolute atomic E-state index is 5.83. The van der Waals surface area contributed by atoms with E-state index in [1.165, 1.54) is 28.1 Å². The van der Waals surface area contributed by atoms with Crippen molar-refractivity contribution < 1.29 is 9.47 Å². The highest BCUT2D eigenvalue weighted by Crippen LogP contribution is 2.29. The molecule has 0 aromatic heterocycles. The van der Waals surface area contributed by atoms with Gasteiger partial charge in [-0.05, 0) is 70.2 Å². The largest absolute Gasteiger partial charge is 0.498 e. The van der Waals surface area contributed by atoms with Crippen LogP contribution in [0.5, 0.6) is 0 Å². The highest BCUT2D eigenvalue weighted by Gasteiger charge is 2.14. The van der Waals surface area contributed by atoms with Gasteiger partial charge in [0.1, 0.15) is 0 Å². The fourth-order valence-electron chi connectivity index (χ4n) is 3.49. The minimum Gasteiger partial charge on any atom is -0.498 e.